The molecule has 1 N–H and O–H groups in total. The second kappa shape index (κ2) is 7.64. The van der Waals surface area contributed by atoms with Gasteiger partial charge < -0.3 is 10.1 Å². The van der Waals surface area contributed by atoms with Crippen LogP contribution < -0.4 is 5.32 Å². The SMILES string of the molecule is CC1(N2CCC(c3cc4nc(Nc5cnn(C67CCC(C6)C7)c5)ncc4cc3Cl)CC2)COC1. The normalized spacial score (nSPS) is 28.6. The van der Waals surface area contributed by atoms with E-state index in [2.05, 4.69) is 44.2 Å². The summed E-state index contributed by atoms with van der Waals surface area (Å²) in [5, 5.41) is 9.82. The Kier molecular flexibility index (Phi) is 4.74. The van der Waals surface area contributed by atoms with Gasteiger partial charge in [-0.1, -0.05) is 11.6 Å². The average molecular weight is 479 g/mol. The van der Waals surface area contributed by atoms with E-state index in [0.717, 1.165) is 66.7 Å². The number of halogens is 1. The van der Waals surface area contributed by atoms with Crippen LogP contribution in [0.1, 0.15) is 56.9 Å². The van der Waals surface area contributed by atoms with Gasteiger partial charge in [0.15, 0.2) is 0 Å². The number of aromatic nitrogens is 4. The van der Waals surface area contributed by atoms with Crippen molar-refractivity contribution in [1.82, 2.24) is 24.6 Å². The lowest BCUT2D eigenvalue weighted by atomic mass is 9.77. The number of benzene rings is 1. The second-order valence-electron chi connectivity index (χ2n) is 11.2. The molecule has 4 heterocycles. The van der Waals surface area contributed by atoms with Crippen molar-refractivity contribution in [3.63, 3.8) is 0 Å². The van der Waals surface area contributed by atoms with Crippen LogP contribution in [0.5, 0.6) is 0 Å². The first-order valence-electron chi connectivity index (χ1n) is 12.6. The second-order valence-corrected chi connectivity index (χ2v) is 11.6. The van der Waals surface area contributed by atoms with Crippen LogP contribution in [-0.4, -0.2) is 56.5 Å². The van der Waals surface area contributed by atoms with Crippen molar-refractivity contribution in [2.24, 2.45) is 5.92 Å². The van der Waals surface area contributed by atoms with Gasteiger partial charge in [-0.2, -0.15) is 5.10 Å². The standard InChI is InChI=1S/C26H31ClN6O/c1-25(15-34-16-25)32-6-3-18(4-7-32)21-9-23-19(8-22(21)27)12-28-24(31-23)30-20-13-29-33(14-20)26-5-2-17(10-26)11-26/h8-9,12-14,17-18H,2-7,10-11,15-16H2,1H3,(H,28,30,31). The number of nitrogens with zero attached hydrogens (tertiary/aromatic N) is 5. The van der Waals surface area contributed by atoms with Gasteiger partial charge in [0.25, 0.3) is 0 Å². The van der Waals surface area contributed by atoms with Crippen LogP contribution in [0.15, 0.2) is 30.7 Å². The van der Waals surface area contributed by atoms with E-state index in [0.29, 0.717) is 11.9 Å². The minimum Gasteiger partial charge on any atom is -0.377 e. The van der Waals surface area contributed by atoms with E-state index < -0.39 is 0 Å². The van der Waals surface area contributed by atoms with E-state index in [1.54, 1.807) is 0 Å². The summed E-state index contributed by atoms with van der Waals surface area (Å²) >= 11 is 6.74. The lowest BCUT2D eigenvalue weighted by Crippen LogP contribution is -2.61. The number of piperidine rings is 1. The first-order chi connectivity index (χ1) is 16.5. The largest absolute Gasteiger partial charge is 0.377 e. The maximum atomic E-state index is 6.74. The van der Waals surface area contributed by atoms with Gasteiger partial charge >= 0.3 is 0 Å². The Balaban J connectivity index is 1.09. The van der Waals surface area contributed by atoms with E-state index in [1.807, 2.05) is 18.5 Å². The first kappa shape index (κ1) is 21.1. The lowest BCUT2D eigenvalue weighted by molar-refractivity contribution is -0.136. The van der Waals surface area contributed by atoms with Gasteiger partial charge in [0.05, 0.1) is 41.7 Å². The molecule has 2 aromatic heterocycles. The molecule has 8 heteroatoms. The Labute approximate surface area is 204 Å². The molecule has 3 aliphatic carbocycles. The molecule has 7 nitrogen and oxygen atoms in total. The van der Waals surface area contributed by atoms with Gasteiger partial charge in [-0.25, -0.2) is 9.97 Å². The molecule has 0 spiro atoms. The van der Waals surface area contributed by atoms with Crippen LogP contribution in [0.25, 0.3) is 10.9 Å². The fourth-order valence-electron chi connectivity index (χ4n) is 6.72. The Morgan fingerprint density at radius 2 is 1.94 bits per heavy atom. The quantitative estimate of drug-likeness (QED) is 0.550. The summed E-state index contributed by atoms with van der Waals surface area (Å²) in [7, 11) is 0. The number of fused-ring (bicyclic) bond motifs is 2. The third-order valence-electron chi connectivity index (χ3n) is 8.90. The number of ether oxygens (including phenoxy) is 1. The molecule has 8 rings (SSSR count). The molecule has 0 radical (unpaired) electrons. The summed E-state index contributed by atoms with van der Waals surface area (Å²) in [5.74, 6) is 1.97. The van der Waals surface area contributed by atoms with Crippen LogP contribution in [0.2, 0.25) is 5.02 Å². The minimum atomic E-state index is 0.220. The predicted octanol–water partition coefficient (Wildman–Crippen LogP) is 5.09. The zero-order valence-corrected chi connectivity index (χ0v) is 20.4. The molecule has 3 saturated carbocycles. The third-order valence-corrected chi connectivity index (χ3v) is 9.23. The van der Waals surface area contributed by atoms with Crippen LogP contribution >= 0.6 is 11.6 Å². The molecule has 0 atom stereocenters. The molecule has 3 aromatic rings. The molecular weight excluding hydrogens is 448 g/mol. The third kappa shape index (κ3) is 3.35. The van der Waals surface area contributed by atoms with Gasteiger partial charge in [0.1, 0.15) is 0 Å². The Hall–Kier alpha value is -2.22. The molecule has 1 aromatic carbocycles. The van der Waals surface area contributed by atoms with Crippen molar-refractivity contribution < 1.29 is 4.74 Å². The fourth-order valence-corrected chi connectivity index (χ4v) is 7.05. The van der Waals surface area contributed by atoms with E-state index in [-0.39, 0.29) is 11.1 Å². The highest BCUT2D eigenvalue weighted by Gasteiger charge is 2.52. The monoisotopic (exact) mass is 478 g/mol. The van der Waals surface area contributed by atoms with Crippen LogP contribution in [-0.2, 0) is 10.3 Å². The zero-order chi connectivity index (χ0) is 22.9. The van der Waals surface area contributed by atoms with E-state index >= 15 is 0 Å². The number of hydrogen-bond donors (Lipinski definition) is 1. The molecule has 0 amide bonds. The average Bonchev–Trinajstić information content (AvgIpc) is 3.54. The molecule has 2 saturated heterocycles. The summed E-state index contributed by atoms with van der Waals surface area (Å²) in [4.78, 5) is 12.0. The summed E-state index contributed by atoms with van der Waals surface area (Å²) in [5.41, 5.74) is 3.57. The maximum Gasteiger partial charge on any atom is 0.227 e. The van der Waals surface area contributed by atoms with Crippen molar-refractivity contribution >= 4 is 34.1 Å². The van der Waals surface area contributed by atoms with E-state index in [1.165, 1.54) is 31.2 Å². The van der Waals surface area contributed by atoms with Crippen LogP contribution in [0, 0.1) is 5.92 Å². The molecule has 0 unspecified atom stereocenters. The van der Waals surface area contributed by atoms with Gasteiger partial charge in [-0.15, -0.1) is 0 Å². The maximum absolute atomic E-state index is 6.74. The van der Waals surface area contributed by atoms with Crippen molar-refractivity contribution in [1.29, 1.82) is 0 Å². The van der Waals surface area contributed by atoms with E-state index in [4.69, 9.17) is 21.3 Å². The van der Waals surface area contributed by atoms with Crippen molar-refractivity contribution in [3.05, 3.63) is 41.3 Å². The van der Waals surface area contributed by atoms with Crippen LogP contribution in [0.4, 0.5) is 11.6 Å². The smallest absolute Gasteiger partial charge is 0.227 e. The van der Waals surface area contributed by atoms with Crippen molar-refractivity contribution in [3.8, 4) is 0 Å². The summed E-state index contributed by atoms with van der Waals surface area (Å²) in [6.45, 7) is 6.18. The molecule has 2 bridgehead atoms. The Morgan fingerprint density at radius 1 is 1.12 bits per heavy atom. The molecule has 2 aliphatic heterocycles. The van der Waals surface area contributed by atoms with Crippen molar-refractivity contribution in [2.45, 2.75) is 62.4 Å². The highest BCUT2D eigenvalue weighted by atomic mass is 35.5. The molecular formula is C26H31ClN6O. The number of likely N-dealkylation sites (tertiary alicyclic amines) is 1. The molecule has 5 fully saturated rings. The highest BCUT2D eigenvalue weighted by Crippen LogP contribution is 2.56. The Morgan fingerprint density at radius 3 is 2.65 bits per heavy atom. The van der Waals surface area contributed by atoms with E-state index in [9.17, 15) is 0 Å². The molecule has 34 heavy (non-hydrogen) atoms. The summed E-state index contributed by atoms with van der Waals surface area (Å²) in [6, 6.07) is 4.20. The highest BCUT2D eigenvalue weighted by molar-refractivity contribution is 6.32. The summed E-state index contributed by atoms with van der Waals surface area (Å²) < 4.78 is 7.64. The van der Waals surface area contributed by atoms with Gasteiger partial charge in [0.2, 0.25) is 5.95 Å². The number of rotatable bonds is 5. The minimum absolute atomic E-state index is 0.220. The molecule has 178 valence electrons. The van der Waals surface area contributed by atoms with Gasteiger partial charge in [0, 0.05) is 22.8 Å². The number of hydrogen-bond acceptors (Lipinski definition) is 6. The molecule has 5 aliphatic rings. The van der Waals surface area contributed by atoms with Gasteiger partial charge in [-0.3, -0.25) is 9.58 Å². The fraction of sp³-hybridized carbons (Fsp3) is 0.577. The topological polar surface area (TPSA) is 68.1 Å². The number of nitrogens with one attached hydrogen (secondary N) is 1. The zero-order valence-electron chi connectivity index (χ0n) is 19.6. The van der Waals surface area contributed by atoms with Crippen molar-refractivity contribution in [2.75, 3.05) is 31.6 Å². The first-order valence-corrected chi connectivity index (χ1v) is 13.0. The summed E-state index contributed by atoms with van der Waals surface area (Å²) in [6.07, 6.45) is 13.2. The van der Waals surface area contributed by atoms with Crippen LogP contribution in [0.3, 0.4) is 0 Å². The number of anilines is 2. The Bertz CT molecular complexity index is 1230. The van der Waals surface area contributed by atoms with Gasteiger partial charge in [-0.05, 0) is 88.1 Å². The predicted molar refractivity (Wildman–Crippen MR) is 133 cm³/mol. The lowest BCUT2D eigenvalue weighted by Gasteiger charge is -2.50.